The summed E-state index contributed by atoms with van der Waals surface area (Å²) in [5.74, 6) is 0.753. The Labute approximate surface area is 76.2 Å². The minimum absolute atomic E-state index is 0.430. The fourth-order valence-corrected chi connectivity index (χ4v) is 2.82. The Morgan fingerprint density at radius 2 is 2.36 bits per heavy atom. The number of rotatable bonds is 1. The summed E-state index contributed by atoms with van der Waals surface area (Å²) >= 11 is 7.81. The summed E-state index contributed by atoms with van der Waals surface area (Å²) in [6, 6.07) is 2.23. The van der Waals surface area contributed by atoms with Crippen LogP contribution in [0.15, 0.2) is 16.8 Å². The van der Waals surface area contributed by atoms with Crippen LogP contribution in [0.5, 0.6) is 0 Å². The van der Waals surface area contributed by atoms with E-state index in [2.05, 4.69) is 16.8 Å². The second kappa shape index (κ2) is 3.16. The van der Waals surface area contributed by atoms with Crippen LogP contribution in [0.3, 0.4) is 0 Å². The molecule has 11 heavy (non-hydrogen) atoms. The molecular formula is C9H11ClS. The minimum Gasteiger partial charge on any atom is -0.152 e. The molecule has 60 valence electrons. The Bertz CT molecular complexity index is 217. The van der Waals surface area contributed by atoms with Crippen molar-refractivity contribution in [3.63, 3.8) is 0 Å². The van der Waals surface area contributed by atoms with Gasteiger partial charge in [-0.1, -0.05) is 0 Å². The van der Waals surface area contributed by atoms with Crippen molar-refractivity contribution in [1.29, 1.82) is 0 Å². The third kappa shape index (κ3) is 1.60. The van der Waals surface area contributed by atoms with Gasteiger partial charge in [0.05, 0.1) is 0 Å². The fourth-order valence-electron chi connectivity index (χ4n) is 1.74. The molecule has 0 nitrogen and oxygen atoms in total. The monoisotopic (exact) mass is 186 g/mol. The van der Waals surface area contributed by atoms with Crippen molar-refractivity contribution < 1.29 is 0 Å². The van der Waals surface area contributed by atoms with Gasteiger partial charge in [0.25, 0.3) is 0 Å². The van der Waals surface area contributed by atoms with E-state index in [1.165, 1.54) is 24.8 Å². The molecule has 2 unspecified atom stereocenters. The first-order valence-corrected chi connectivity index (χ1v) is 5.40. The number of alkyl halides is 1. The molecule has 2 atom stereocenters. The molecule has 2 rings (SSSR count). The Balaban J connectivity index is 2.08. The van der Waals surface area contributed by atoms with Gasteiger partial charge in [0.2, 0.25) is 0 Å². The zero-order valence-electron chi connectivity index (χ0n) is 6.29. The molecule has 1 aliphatic carbocycles. The van der Waals surface area contributed by atoms with E-state index < -0.39 is 0 Å². The molecule has 1 fully saturated rings. The molecule has 2 heteroatoms. The van der Waals surface area contributed by atoms with Crippen LogP contribution in [0.1, 0.15) is 30.7 Å². The van der Waals surface area contributed by atoms with Gasteiger partial charge in [-0.15, -0.1) is 11.6 Å². The van der Waals surface area contributed by atoms with Crippen LogP contribution in [-0.2, 0) is 0 Å². The molecular weight excluding hydrogens is 176 g/mol. The summed E-state index contributed by atoms with van der Waals surface area (Å²) in [4.78, 5) is 0. The average molecular weight is 187 g/mol. The van der Waals surface area contributed by atoms with Crippen molar-refractivity contribution in [3.05, 3.63) is 22.4 Å². The van der Waals surface area contributed by atoms with Crippen LogP contribution < -0.4 is 0 Å². The second-order valence-corrected chi connectivity index (χ2v) is 4.56. The predicted molar refractivity (Wildman–Crippen MR) is 50.6 cm³/mol. The summed E-state index contributed by atoms with van der Waals surface area (Å²) in [5, 5.41) is 4.83. The van der Waals surface area contributed by atoms with Crippen LogP contribution in [-0.4, -0.2) is 5.38 Å². The predicted octanol–water partition coefficient (Wildman–Crippen LogP) is 3.62. The molecule has 0 aromatic carbocycles. The fraction of sp³-hybridized carbons (Fsp3) is 0.556. The lowest BCUT2D eigenvalue weighted by Crippen LogP contribution is -1.91. The minimum atomic E-state index is 0.430. The van der Waals surface area contributed by atoms with Gasteiger partial charge in [0.15, 0.2) is 0 Å². The van der Waals surface area contributed by atoms with Gasteiger partial charge >= 0.3 is 0 Å². The first-order chi connectivity index (χ1) is 5.36. The molecule has 0 amide bonds. The molecule has 1 aromatic rings. The number of hydrogen-bond acceptors (Lipinski definition) is 1. The number of thiophene rings is 1. The van der Waals surface area contributed by atoms with E-state index in [0.29, 0.717) is 5.38 Å². The number of halogens is 1. The highest BCUT2D eigenvalue weighted by Gasteiger charge is 2.23. The number of hydrogen-bond donors (Lipinski definition) is 0. The van der Waals surface area contributed by atoms with Crippen LogP contribution in [0.2, 0.25) is 0 Å². The topological polar surface area (TPSA) is 0 Å². The van der Waals surface area contributed by atoms with E-state index in [0.717, 1.165) is 5.92 Å². The van der Waals surface area contributed by atoms with Crippen molar-refractivity contribution >= 4 is 22.9 Å². The quantitative estimate of drug-likeness (QED) is 0.588. The Morgan fingerprint density at radius 1 is 1.45 bits per heavy atom. The van der Waals surface area contributed by atoms with Crippen molar-refractivity contribution in [2.45, 2.75) is 30.6 Å². The normalized spacial score (nSPS) is 31.0. The molecule has 0 bridgehead atoms. The molecule has 0 radical (unpaired) electrons. The molecule has 1 heterocycles. The third-order valence-corrected chi connectivity index (χ3v) is 3.48. The van der Waals surface area contributed by atoms with Gasteiger partial charge in [0.1, 0.15) is 0 Å². The Hall–Kier alpha value is -0.0100. The summed E-state index contributed by atoms with van der Waals surface area (Å²) in [7, 11) is 0. The van der Waals surface area contributed by atoms with Crippen LogP contribution in [0, 0.1) is 0 Å². The van der Waals surface area contributed by atoms with Gasteiger partial charge in [-0.2, -0.15) is 11.3 Å². The van der Waals surface area contributed by atoms with Crippen LogP contribution in [0.4, 0.5) is 0 Å². The second-order valence-electron chi connectivity index (χ2n) is 3.16. The summed E-state index contributed by atoms with van der Waals surface area (Å²) in [6.45, 7) is 0. The highest BCUT2D eigenvalue weighted by atomic mass is 35.5. The van der Waals surface area contributed by atoms with Crippen molar-refractivity contribution in [3.8, 4) is 0 Å². The smallest absolute Gasteiger partial charge is 0.0342 e. The zero-order chi connectivity index (χ0) is 7.68. The first-order valence-electron chi connectivity index (χ1n) is 4.02. The average Bonchev–Trinajstić information content (AvgIpc) is 2.55. The Kier molecular flexibility index (Phi) is 2.19. The molecule has 1 aromatic heterocycles. The van der Waals surface area contributed by atoms with Gasteiger partial charge in [0, 0.05) is 5.38 Å². The molecule has 1 saturated carbocycles. The van der Waals surface area contributed by atoms with Crippen molar-refractivity contribution in [1.82, 2.24) is 0 Å². The zero-order valence-corrected chi connectivity index (χ0v) is 7.87. The van der Waals surface area contributed by atoms with Crippen molar-refractivity contribution in [2.24, 2.45) is 0 Å². The largest absolute Gasteiger partial charge is 0.152 e. The highest BCUT2D eigenvalue weighted by molar-refractivity contribution is 7.07. The Morgan fingerprint density at radius 3 is 2.91 bits per heavy atom. The van der Waals surface area contributed by atoms with E-state index in [4.69, 9.17) is 11.6 Å². The molecule has 0 N–H and O–H groups in total. The maximum Gasteiger partial charge on any atom is 0.0342 e. The third-order valence-electron chi connectivity index (χ3n) is 2.38. The maximum atomic E-state index is 6.03. The lowest BCUT2D eigenvalue weighted by Gasteiger charge is -2.04. The van der Waals surface area contributed by atoms with E-state index in [-0.39, 0.29) is 0 Å². The molecule has 1 aliphatic rings. The molecule has 0 saturated heterocycles. The standard InChI is InChI=1S/C9H11ClS/c10-9-2-1-7(5-9)8-3-4-11-6-8/h3-4,6-7,9H,1-2,5H2. The van der Waals surface area contributed by atoms with Crippen LogP contribution in [0.25, 0.3) is 0 Å². The summed E-state index contributed by atoms with van der Waals surface area (Å²) in [6.07, 6.45) is 3.66. The SMILES string of the molecule is ClC1CCC(c2ccsc2)C1. The maximum absolute atomic E-state index is 6.03. The van der Waals surface area contributed by atoms with Gasteiger partial charge in [-0.25, -0.2) is 0 Å². The van der Waals surface area contributed by atoms with Gasteiger partial charge < -0.3 is 0 Å². The molecule has 0 aliphatic heterocycles. The van der Waals surface area contributed by atoms with Gasteiger partial charge in [-0.05, 0) is 47.6 Å². The van der Waals surface area contributed by atoms with Crippen LogP contribution >= 0.6 is 22.9 Å². The van der Waals surface area contributed by atoms with E-state index >= 15 is 0 Å². The lowest BCUT2D eigenvalue weighted by molar-refractivity contribution is 0.727. The summed E-state index contributed by atoms with van der Waals surface area (Å²) in [5.41, 5.74) is 1.50. The first kappa shape index (κ1) is 7.63. The lowest BCUT2D eigenvalue weighted by atomic mass is 10.0. The van der Waals surface area contributed by atoms with E-state index in [1.807, 2.05) is 0 Å². The summed E-state index contributed by atoms with van der Waals surface area (Å²) < 4.78 is 0. The van der Waals surface area contributed by atoms with E-state index in [1.54, 1.807) is 11.3 Å². The highest BCUT2D eigenvalue weighted by Crippen LogP contribution is 2.37. The molecule has 0 spiro atoms. The van der Waals surface area contributed by atoms with Gasteiger partial charge in [-0.3, -0.25) is 0 Å². The van der Waals surface area contributed by atoms with Crippen molar-refractivity contribution in [2.75, 3.05) is 0 Å². The van der Waals surface area contributed by atoms with E-state index in [9.17, 15) is 0 Å².